The average molecular weight is 210 g/mol. The molecule has 84 valence electrons. The van der Waals surface area contributed by atoms with Crippen molar-refractivity contribution in [1.82, 2.24) is 0 Å². The van der Waals surface area contributed by atoms with Crippen molar-refractivity contribution < 1.29 is 14.9 Å². The molecule has 0 aromatic heterocycles. The summed E-state index contributed by atoms with van der Waals surface area (Å²) in [4.78, 5) is 0. The van der Waals surface area contributed by atoms with E-state index in [9.17, 15) is 10.2 Å². The van der Waals surface area contributed by atoms with Crippen molar-refractivity contribution >= 4 is 0 Å². The molecule has 0 amide bonds. The fourth-order valence-electron chi connectivity index (χ4n) is 1.60. The van der Waals surface area contributed by atoms with E-state index in [-0.39, 0.29) is 13.2 Å². The van der Waals surface area contributed by atoms with Gasteiger partial charge in [-0.15, -0.1) is 0 Å². The van der Waals surface area contributed by atoms with Crippen LogP contribution in [0.1, 0.15) is 30.5 Å². The summed E-state index contributed by atoms with van der Waals surface area (Å²) in [5, 5.41) is 18.4. The Morgan fingerprint density at radius 3 is 1.93 bits per heavy atom. The van der Waals surface area contributed by atoms with Gasteiger partial charge in [-0.3, -0.25) is 0 Å². The van der Waals surface area contributed by atoms with Crippen molar-refractivity contribution in [2.24, 2.45) is 0 Å². The van der Waals surface area contributed by atoms with E-state index in [1.165, 1.54) is 0 Å². The van der Waals surface area contributed by atoms with Crippen LogP contribution in [0.15, 0.2) is 12.1 Å². The second-order valence-electron chi connectivity index (χ2n) is 3.35. The van der Waals surface area contributed by atoms with Crippen molar-refractivity contribution in [3.05, 3.63) is 28.8 Å². The number of aliphatic hydroxyl groups excluding tert-OH is 2. The molecule has 0 bridgehead atoms. The number of aryl methyl sites for hydroxylation is 1. The summed E-state index contributed by atoms with van der Waals surface area (Å²) in [6.07, 6.45) is 0.881. The van der Waals surface area contributed by atoms with Crippen LogP contribution in [0.25, 0.3) is 0 Å². The summed E-state index contributed by atoms with van der Waals surface area (Å²) in [7, 11) is 0. The Morgan fingerprint density at radius 1 is 1.07 bits per heavy atom. The Labute approximate surface area is 90.3 Å². The molecule has 15 heavy (non-hydrogen) atoms. The lowest BCUT2D eigenvalue weighted by molar-refractivity contribution is 0.251. The second kappa shape index (κ2) is 5.73. The first-order chi connectivity index (χ1) is 7.26. The van der Waals surface area contributed by atoms with Crippen molar-refractivity contribution in [3.8, 4) is 5.75 Å². The van der Waals surface area contributed by atoms with E-state index in [1.807, 2.05) is 26.0 Å². The second-order valence-corrected chi connectivity index (χ2v) is 3.35. The number of ether oxygens (including phenoxy) is 1. The van der Waals surface area contributed by atoms with Gasteiger partial charge in [0.2, 0.25) is 0 Å². The van der Waals surface area contributed by atoms with Crippen LogP contribution in [0.2, 0.25) is 0 Å². The predicted octanol–water partition coefficient (Wildman–Crippen LogP) is 1.63. The monoisotopic (exact) mass is 210 g/mol. The summed E-state index contributed by atoms with van der Waals surface area (Å²) in [5.41, 5.74) is 2.60. The maximum atomic E-state index is 9.22. The Kier molecular flexibility index (Phi) is 4.59. The molecule has 2 N–H and O–H groups in total. The highest BCUT2D eigenvalue weighted by Gasteiger charge is 2.10. The summed E-state index contributed by atoms with van der Waals surface area (Å²) in [6, 6.07) is 3.84. The van der Waals surface area contributed by atoms with Crippen molar-refractivity contribution in [2.45, 2.75) is 33.5 Å². The van der Waals surface area contributed by atoms with Crippen LogP contribution in [0.5, 0.6) is 5.75 Å². The van der Waals surface area contributed by atoms with Gasteiger partial charge in [-0.2, -0.15) is 0 Å². The summed E-state index contributed by atoms with van der Waals surface area (Å²) < 4.78 is 5.43. The molecule has 3 nitrogen and oxygen atoms in total. The number of rotatable bonds is 5. The zero-order valence-electron chi connectivity index (χ0n) is 9.29. The van der Waals surface area contributed by atoms with Gasteiger partial charge in [-0.05, 0) is 31.0 Å². The predicted molar refractivity (Wildman–Crippen MR) is 58.8 cm³/mol. The molecule has 0 saturated heterocycles. The van der Waals surface area contributed by atoms with E-state index >= 15 is 0 Å². The van der Waals surface area contributed by atoms with Gasteiger partial charge in [0.15, 0.2) is 0 Å². The Bertz CT molecular complexity index is 296. The number of benzene rings is 1. The summed E-state index contributed by atoms with van der Waals surface area (Å²) in [6.45, 7) is 4.34. The van der Waals surface area contributed by atoms with Crippen LogP contribution in [-0.2, 0) is 19.6 Å². The maximum absolute atomic E-state index is 9.22. The molecule has 0 spiro atoms. The van der Waals surface area contributed by atoms with E-state index in [0.29, 0.717) is 12.4 Å². The normalized spacial score (nSPS) is 10.4. The highest BCUT2D eigenvalue weighted by Crippen LogP contribution is 2.26. The van der Waals surface area contributed by atoms with Crippen LogP contribution in [0.4, 0.5) is 0 Å². The first kappa shape index (κ1) is 12.0. The molecule has 0 heterocycles. The molecule has 0 aliphatic carbocycles. The van der Waals surface area contributed by atoms with Gasteiger partial charge in [0, 0.05) is 11.1 Å². The Hall–Kier alpha value is -1.06. The lowest BCUT2D eigenvalue weighted by atomic mass is 10.0. The topological polar surface area (TPSA) is 49.7 Å². The van der Waals surface area contributed by atoms with Gasteiger partial charge >= 0.3 is 0 Å². The Morgan fingerprint density at radius 2 is 1.60 bits per heavy atom. The maximum Gasteiger partial charge on any atom is 0.130 e. The van der Waals surface area contributed by atoms with Gasteiger partial charge in [0.1, 0.15) is 5.75 Å². The van der Waals surface area contributed by atoms with Gasteiger partial charge in [0.25, 0.3) is 0 Å². The van der Waals surface area contributed by atoms with Crippen LogP contribution in [-0.4, -0.2) is 16.8 Å². The highest BCUT2D eigenvalue weighted by molar-refractivity contribution is 5.44. The van der Waals surface area contributed by atoms with Crippen LogP contribution >= 0.6 is 0 Å². The molecule has 0 atom stereocenters. The zero-order valence-corrected chi connectivity index (χ0v) is 9.29. The van der Waals surface area contributed by atoms with E-state index in [1.54, 1.807) is 0 Å². The highest BCUT2D eigenvalue weighted by atomic mass is 16.5. The van der Waals surface area contributed by atoms with Crippen molar-refractivity contribution in [2.75, 3.05) is 6.61 Å². The minimum Gasteiger partial charge on any atom is -0.493 e. The van der Waals surface area contributed by atoms with Gasteiger partial charge in [-0.25, -0.2) is 0 Å². The largest absolute Gasteiger partial charge is 0.493 e. The minimum atomic E-state index is -0.0594. The molecule has 3 heteroatoms. The molecule has 0 saturated carbocycles. The van der Waals surface area contributed by atoms with E-state index in [0.717, 1.165) is 23.1 Å². The first-order valence-electron chi connectivity index (χ1n) is 5.25. The zero-order chi connectivity index (χ0) is 11.3. The SMILES string of the molecule is CCOc1c(CO)cc(CC)cc1CO. The van der Waals surface area contributed by atoms with E-state index in [2.05, 4.69) is 0 Å². The van der Waals surface area contributed by atoms with Gasteiger partial charge in [0.05, 0.1) is 19.8 Å². The van der Waals surface area contributed by atoms with E-state index in [4.69, 9.17) is 4.74 Å². The van der Waals surface area contributed by atoms with Crippen molar-refractivity contribution in [1.29, 1.82) is 0 Å². The number of aliphatic hydroxyl groups is 2. The van der Waals surface area contributed by atoms with Gasteiger partial charge < -0.3 is 14.9 Å². The molecule has 0 fully saturated rings. The summed E-state index contributed by atoms with van der Waals surface area (Å²) in [5.74, 6) is 0.625. The Balaban J connectivity index is 3.19. The van der Waals surface area contributed by atoms with Crippen LogP contribution in [0.3, 0.4) is 0 Å². The smallest absolute Gasteiger partial charge is 0.130 e. The molecule has 0 aliphatic rings. The first-order valence-corrected chi connectivity index (χ1v) is 5.25. The molecule has 0 radical (unpaired) electrons. The number of hydrogen-bond acceptors (Lipinski definition) is 3. The molecule has 1 rings (SSSR count). The third-order valence-electron chi connectivity index (χ3n) is 2.34. The third kappa shape index (κ3) is 2.70. The molecular formula is C12H18O3. The van der Waals surface area contributed by atoms with Crippen LogP contribution < -0.4 is 4.74 Å². The molecule has 0 unspecified atom stereocenters. The lowest BCUT2D eigenvalue weighted by Crippen LogP contribution is -2.03. The van der Waals surface area contributed by atoms with Crippen molar-refractivity contribution in [3.63, 3.8) is 0 Å². The van der Waals surface area contributed by atoms with E-state index < -0.39 is 0 Å². The number of hydrogen-bond donors (Lipinski definition) is 2. The fraction of sp³-hybridized carbons (Fsp3) is 0.500. The lowest BCUT2D eigenvalue weighted by Gasteiger charge is -2.14. The quantitative estimate of drug-likeness (QED) is 0.776. The minimum absolute atomic E-state index is 0.0594. The fourth-order valence-corrected chi connectivity index (χ4v) is 1.60. The third-order valence-corrected chi connectivity index (χ3v) is 2.34. The molecular weight excluding hydrogens is 192 g/mol. The molecule has 1 aromatic carbocycles. The van der Waals surface area contributed by atoms with Gasteiger partial charge in [-0.1, -0.05) is 6.92 Å². The molecule has 0 aliphatic heterocycles. The standard InChI is InChI=1S/C12H18O3/c1-3-9-5-10(7-13)12(15-4-2)11(6-9)8-14/h5-6,13-14H,3-4,7-8H2,1-2H3. The molecule has 1 aromatic rings. The summed E-state index contributed by atoms with van der Waals surface area (Å²) >= 11 is 0. The average Bonchev–Trinajstić information content (AvgIpc) is 2.29. The van der Waals surface area contributed by atoms with Crippen LogP contribution in [0, 0.1) is 0 Å².